The summed E-state index contributed by atoms with van der Waals surface area (Å²) in [6, 6.07) is 6.31. The molecule has 0 saturated carbocycles. The molecule has 0 aliphatic carbocycles. The van der Waals surface area contributed by atoms with Crippen LogP contribution in [-0.2, 0) is 0 Å². The largest absolute Gasteiger partial charge is 0.346 e. The third kappa shape index (κ3) is 1.89. The number of hydrogen-bond donors (Lipinski definition) is 1. The van der Waals surface area contributed by atoms with Gasteiger partial charge in [0.15, 0.2) is 0 Å². The lowest BCUT2D eigenvalue weighted by Crippen LogP contribution is -2.52. The molecule has 20 heavy (non-hydrogen) atoms. The Morgan fingerprint density at radius 1 is 1.25 bits per heavy atom. The van der Waals surface area contributed by atoms with Crippen molar-refractivity contribution in [3.63, 3.8) is 0 Å². The summed E-state index contributed by atoms with van der Waals surface area (Å²) >= 11 is 0. The van der Waals surface area contributed by atoms with Crippen molar-refractivity contribution in [3.05, 3.63) is 30.1 Å². The molecule has 104 valence electrons. The minimum Gasteiger partial charge on any atom is -0.346 e. The van der Waals surface area contributed by atoms with Gasteiger partial charge in [0.2, 0.25) is 0 Å². The van der Waals surface area contributed by atoms with Crippen molar-refractivity contribution in [2.24, 2.45) is 0 Å². The topological polar surface area (TPSA) is 52.2 Å². The number of rotatable bonds is 1. The highest BCUT2D eigenvalue weighted by Crippen LogP contribution is 2.22. The molecule has 1 unspecified atom stereocenters. The van der Waals surface area contributed by atoms with Gasteiger partial charge in [0, 0.05) is 37.3 Å². The molecule has 0 bridgehead atoms. The number of carbonyl (C=O) groups excluding carboxylic acids is 1. The second-order valence-electron chi connectivity index (χ2n) is 5.70. The van der Waals surface area contributed by atoms with Crippen molar-refractivity contribution >= 4 is 16.9 Å². The van der Waals surface area contributed by atoms with Crippen molar-refractivity contribution in [2.75, 3.05) is 26.2 Å². The summed E-state index contributed by atoms with van der Waals surface area (Å²) in [5.74, 6) is 0.0630. The Morgan fingerprint density at radius 3 is 3.15 bits per heavy atom. The molecule has 0 spiro atoms. The van der Waals surface area contributed by atoms with Crippen molar-refractivity contribution < 1.29 is 4.79 Å². The van der Waals surface area contributed by atoms with Crippen LogP contribution in [-0.4, -0.2) is 57.9 Å². The molecule has 0 aromatic carbocycles. The van der Waals surface area contributed by atoms with Crippen LogP contribution in [0.4, 0.5) is 0 Å². The molecule has 2 aliphatic heterocycles. The first kappa shape index (κ1) is 11.9. The van der Waals surface area contributed by atoms with Crippen molar-refractivity contribution in [3.8, 4) is 0 Å². The van der Waals surface area contributed by atoms with Gasteiger partial charge in [-0.15, -0.1) is 0 Å². The lowest BCUT2D eigenvalue weighted by molar-refractivity contribution is 0.0566. The third-order valence-electron chi connectivity index (χ3n) is 4.50. The molecule has 2 aromatic heterocycles. The SMILES string of the molecule is O=C(c1ccc2cc[nH]c2n1)N1CCN2CCCC2C1. The molecular weight excluding hydrogens is 252 g/mol. The molecule has 5 nitrogen and oxygen atoms in total. The predicted molar refractivity (Wildman–Crippen MR) is 76.6 cm³/mol. The van der Waals surface area contributed by atoms with Gasteiger partial charge < -0.3 is 9.88 Å². The van der Waals surface area contributed by atoms with E-state index in [-0.39, 0.29) is 5.91 Å². The molecular formula is C15H18N4O. The zero-order valence-corrected chi connectivity index (χ0v) is 11.4. The first-order chi connectivity index (χ1) is 9.81. The van der Waals surface area contributed by atoms with Gasteiger partial charge in [0.05, 0.1) is 0 Å². The molecule has 1 N–H and O–H groups in total. The number of pyridine rings is 1. The van der Waals surface area contributed by atoms with Crippen LogP contribution in [0.5, 0.6) is 0 Å². The summed E-state index contributed by atoms with van der Waals surface area (Å²) in [4.78, 5) is 24.6. The second kappa shape index (κ2) is 4.59. The van der Waals surface area contributed by atoms with E-state index >= 15 is 0 Å². The monoisotopic (exact) mass is 270 g/mol. The number of nitrogens with zero attached hydrogens (tertiary/aromatic N) is 3. The number of fused-ring (bicyclic) bond motifs is 2. The number of amides is 1. The van der Waals surface area contributed by atoms with Gasteiger partial charge in [-0.25, -0.2) is 4.98 Å². The number of aromatic amines is 1. The van der Waals surface area contributed by atoms with Gasteiger partial charge in [-0.3, -0.25) is 9.69 Å². The van der Waals surface area contributed by atoms with E-state index in [1.165, 1.54) is 19.4 Å². The van der Waals surface area contributed by atoms with E-state index in [0.29, 0.717) is 11.7 Å². The van der Waals surface area contributed by atoms with E-state index in [9.17, 15) is 4.79 Å². The van der Waals surface area contributed by atoms with Crippen molar-refractivity contribution in [1.82, 2.24) is 19.8 Å². The zero-order valence-electron chi connectivity index (χ0n) is 11.4. The average Bonchev–Trinajstić information content (AvgIpc) is 3.13. The molecule has 4 heterocycles. The van der Waals surface area contributed by atoms with Crippen LogP contribution in [0.2, 0.25) is 0 Å². The quantitative estimate of drug-likeness (QED) is 0.854. The number of aromatic nitrogens is 2. The second-order valence-corrected chi connectivity index (χ2v) is 5.70. The highest BCUT2D eigenvalue weighted by Gasteiger charge is 2.33. The highest BCUT2D eigenvalue weighted by molar-refractivity contribution is 5.94. The van der Waals surface area contributed by atoms with Gasteiger partial charge >= 0.3 is 0 Å². The van der Waals surface area contributed by atoms with E-state index in [1.54, 1.807) is 0 Å². The Labute approximate surface area is 117 Å². The van der Waals surface area contributed by atoms with Gasteiger partial charge in [0.25, 0.3) is 5.91 Å². The number of H-pyrrole nitrogens is 1. The highest BCUT2D eigenvalue weighted by atomic mass is 16.2. The summed E-state index contributed by atoms with van der Waals surface area (Å²) in [6.07, 6.45) is 4.33. The van der Waals surface area contributed by atoms with E-state index in [4.69, 9.17) is 0 Å². The Kier molecular flexibility index (Phi) is 2.73. The van der Waals surface area contributed by atoms with Crippen LogP contribution in [0.15, 0.2) is 24.4 Å². The van der Waals surface area contributed by atoms with Crippen LogP contribution >= 0.6 is 0 Å². The minimum atomic E-state index is 0.0630. The predicted octanol–water partition coefficient (Wildman–Crippen LogP) is 1.48. The van der Waals surface area contributed by atoms with Gasteiger partial charge in [0.1, 0.15) is 11.3 Å². The molecule has 4 rings (SSSR count). The van der Waals surface area contributed by atoms with E-state index < -0.39 is 0 Å². The molecule has 2 fully saturated rings. The Balaban J connectivity index is 1.56. The molecule has 2 saturated heterocycles. The normalized spacial score (nSPS) is 23.2. The molecule has 1 atom stereocenters. The molecule has 5 heteroatoms. The van der Waals surface area contributed by atoms with Gasteiger partial charge in [-0.1, -0.05) is 0 Å². The maximum absolute atomic E-state index is 12.6. The fraction of sp³-hybridized carbons (Fsp3) is 0.467. The average molecular weight is 270 g/mol. The maximum atomic E-state index is 12.6. The Morgan fingerprint density at radius 2 is 2.20 bits per heavy atom. The maximum Gasteiger partial charge on any atom is 0.272 e. The fourth-order valence-corrected chi connectivity index (χ4v) is 3.39. The lowest BCUT2D eigenvalue weighted by atomic mass is 10.1. The number of nitrogens with one attached hydrogen (secondary N) is 1. The first-order valence-corrected chi connectivity index (χ1v) is 7.29. The van der Waals surface area contributed by atoms with Crippen LogP contribution in [0.1, 0.15) is 23.3 Å². The van der Waals surface area contributed by atoms with Crippen LogP contribution in [0.3, 0.4) is 0 Å². The zero-order chi connectivity index (χ0) is 13.5. The molecule has 0 radical (unpaired) electrons. The van der Waals surface area contributed by atoms with E-state index in [1.807, 2.05) is 29.3 Å². The fourth-order valence-electron chi connectivity index (χ4n) is 3.39. The Hall–Kier alpha value is -1.88. The summed E-state index contributed by atoms with van der Waals surface area (Å²) < 4.78 is 0. The van der Waals surface area contributed by atoms with E-state index in [0.717, 1.165) is 30.7 Å². The number of hydrogen-bond acceptors (Lipinski definition) is 3. The van der Waals surface area contributed by atoms with Crippen molar-refractivity contribution in [1.29, 1.82) is 0 Å². The molecule has 1 amide bonds. The summed E-state index contributed by atoms with van der Waals surface area (Å²) in [6.45, 7) is 3.86. The van der Waals surface area contributed by atoms with Gasteiger partial charge in [-0.05, 0) is 37.6 Å². The smallest absolute Gasteiger partial charge is 0.272 e. The summed E-state index contributed by atoms with van der Waals surface area (Å²) in [7, 11) is 0. The minimum absolute atomic E-state index is 0.0630. The summed E-state index contributed by atoms with van der Waals surface area (Å²) in [5.41, 5.74) is 1.33. The Bertz CT molecular complexity index is 650. The van der Waals surface area contributed by atoms with Crippen molar-refractivity contribution in [2.45, 2.75) is 18.9 Å². The van der Waals surface area contributed by atoms with Crippen LogP contribution < -0.4 is 0 Å². The number of piperazine rings is 1. The summed E-state index contributed by atoms with van der Waals surface area (Å²) in [5, 5.41) is 1.04. The van der Waals surface area contributed by atoms with Crippen LogP contribution in [0, 0.1) is 0 Å². The third-order valence-corrected chi connectivity index (χ3v) is 4.50. The number of carbonyl (C=O) groups is 1. The van der Waals surface area contributed by atoms with E-state index in [2.05, 4.69) is 14.9 Å². The lowest BCUT2D eigenvalue weighted by Gasteiger charge is -2.37. The first-order valence-electron chi connectivity index (χ1n) is 7.29. The standard InChI is InChI=1S/C15H18N4O/c20-15(13-4-3-11-5-6-16-14(11)17-13)19-9-8-18-7-1-2-12(18)10-19/h3-6,12H,1-2,7-10H2,(H,16,17). The molecule has 2 aliphatic rings. The molecule has 2 aromatic rings. The van der Waals surface area contributed by atoms with Gasteiger partial charge in [-0.2, -0.15) is 0 Å². The van der Waals surface area contributed by atoms with Crippen LogP contribution in [0.25, 0.3) is 11.0 Å².